The Bertz CT molecular complexity index is 954. The first-order chi connectivity index (χ1) is 13.7. The van der Waals surface area contributed by atoms with E-state index in [1.807, 2.05) is 25.1 Å². The molecule has 7 nitrogen and oxygen atoms in total. The van der Waals surface area contributed by atoms with Crippen LogP contribution in [0.1, 0.15) is 26.3 Å². The van der Waals surface area contributed by atoms with Gasteiger partial charge in [-0.25, -0.2) is 0 Å². The van der Waals surface area contributed by atoms with Crippen LogP contribution in [0.15, 0.2) is 36.4 Å². The van der Waals surface area contributed by atoms with Crippen molar-refractivity contribution in [3.8, 4) is 17.2 Å². The minimum atomic E-state index is -1.07. The Kier molecular flexibility index (Phi) is 5.42. The van der Waals surface area contributed by atoms with Gasteiger partial charge in [-0.2, -0.15) is 0 Å². The zero-order valence-electron chi connectivity index (χ0n) is 17.5. The van der Waals surface area contributed by atoms with E-state index in [9.17, 15) is 9.59 Å². The lowest BCUT2D eigenvalue weighted by Crippen LogP contribution is -2.57. The Morgan fingerprint density at radius 1 is 1.10 bits per heavy atom. The van der Waals surface area contributed by atoms with Crippen molar-refractivity contribution in [2.24, 2.45) is 0 Å². The Balaban J connectivity index is 1.91. The normalized spacial score (nSPS) is 15.8. The van der Waals surface area contributed by atoms with Crippen LogP contribution in [-0.2, 0) is 9.59 Å². The summed E-state index contributed by atoms with van der Waals surface area (Å²) in [6.07, 6.45) is 0. The van der Waals surface area contributed by atoms with E-state index in [-0.39, 0.29) is 11.8 Å². The fraction of sp³-hybridized carbons (Fsp3) is 0.364. The van der Waals surface area contributed by atoms with Gasteiger partial charge in [0, 0.05) is 11.8 Å². The van der Waals surface area contributed by atoms with Crippen LogP contribution in [0.4, 0.5) is 11.4 Å². The molecule has 3 rings (SSSR count). The number of nitrogens with one attached hydrogen (secondary N) is 1. The van der Waals surface area contributed by atoms with Gasteiger partial charge in [0.1, 0.15) is 11.8 Å². The summed E-state index contributed by atoms with van der Waals surface area (Å²) in [5.74, 6) is 1.04. The molecule has 0 saturated carbocycles. The maximum absolute atomic E-state index is 13.1. The number of nitrogens with zero attached hydrogens (tertiary/aromatic N) is 1. The van der Waals surface area contributed by atoms with Crippen LogP contribution in [0, 0.1) is 6.92 Å². The van der Waals surface area contributed by atoms with Gasteiger partial charge >= 0.3 is 0 Å². The highest BCUT2D eigenvalue weighted by atomic mass is 16.5. The van der Waals surface area contributed by atoms with Gasteiger partial charge < -0.3 is 19.5 Å². The van der Waals surface area contributed by atoms with Crippen LogP contribution >= 0.6 is 0 Å². The first kappa shape index (κ1) is 20.5. The highest BCUT2D eigenvalue weighted by Crippen LogP contribution is 2.39. The lowest BCUT2D eigenvalue weighted by atomic mass is 10.0. The molecular weight excluding hydrogens is 372 g/mol. The van der Waals surface area contributed by atoms with Crippen molar-refractivity contribution in [2.75, 3.05) is 24.4 Å². The number of aryl methyl sites for hydroxylation is 1. The lowest BCUT2D eigenvalue weighted by molar-refractivity contribution is -0.134. The molecule has 1 aliphatic rings. The van der Waals surface area contributed by atoms with Crippen LogP contribution in [0.5, 0.6) is 17.2 Å². The Labute approximate surface area is 170 Å². The number of rotatable bonds is 5. The number of anilines is 2. The molecule has 2 amide bonds. The average Bonchev–Trinajstić information content (AvgIpc) is 2.68. The van der Waals surface area contributed by atoms with Crippen LogP contribution in [-0.4, -0.2) is 37.7 Å². The Morgan fingerprint density at radius 3 is 2.45 bits per heavy atom. The van der Waals surface area contributed by atoms with Crippen LogP contribution in [0.3, 0.4) is 0 Å². The molecule has 1 heterocycles. The zero-order chi connectivity index (χ0) is 21.3. The number of hydrogen-bond acceptors (Lipinski definition) is 5. The summed E-state index contributed by atoms with van der Waals surface area (Å²) in [5.41, 5.74) is 1.03. The molecule has 0 aliphatic carbocycles. The summed E-state index contributed by atoms with van der Waals surface area (Å²) in [4.78, 5) is 27.6. The molecular formula is C22H26N2O5. The summed E-state index contributed by atoms with van der Waals surface area (Å²) < 4.78 is 16.4. The molecule has 1 unspecified atom stereocenters. The van der Waals surface area contributed by atoms with Gasteiger partial charge in [0.25, 0.3) is 5.91 Å². The Hall–Kier alpha value is -3.22. The van der Waals surface area contributed by atoms with Crippen molar-refractivity contribution >= 4 is 23.2 Å². The fourth-order valence-corrected chi connectivity index (χ4v) is 3.28. The van der Waals surface area contributed by atoms with E-state index in [4.69, 9.17) is 14.2 Å². The molecule has 2 aromatic carbocycles. The smallest absolute Gasteiger partial charge is 0.271 e. The third-order valence-corrected chi connectivity index (χ3v) is 4.89. The van der Waals surface area contributed by atoms with Crippen LogP contribution in [0.2, 0.25) is 0 Å². The number of carbonyl (C=O) groups excluding carboxylic acids is 2. The largest absolute Gasteiger partial charge is 0.493 e. The summed E-state index contributed by atoms with van der Waals surface area (Å²) in [6.45, 7) is 7.02. The quantitative estimate of drug-likeness (QED) is 0.834. The van der Waals surface area contributed by atoms with E-state index in [1.165, 1.54) is 12.0 Å². The SMILES string of the molecule is COc1ccc(NC(=O)C(C)N2C(=O)C(C)(C)Oc3ccc(C)cc32)cc1OC. The van der Waals surface area contributed by atoms with Crippen molar-refractivity contribution in [3.63, 3.8) is 0 Å². The maximum Gasteiger partial charge on any atom is 0.271 e. The van der Waals surface area contributed by atoms with Crippen molar-refractivity contribution in [1.82, 2.24) is 0 Å². The first-order valence-corrected chi connectivity index (χ1v) is 9.34. The zero-order valence-corrected chi connectivity index (χ0v) is 17.5. The minimum Gasteiger partial charge on any atom is -0.493 e. The third-order valence-electron chi connectivity index (χ3n) is 4.89. The predicted molar refractivity (Wildman–Crippen MR) is 111 cm³/mol. The number of amides is 2. The number of benzene rings is 2. The van der Waals surface area contributed by atoms with Crippen LogP contribution < -0.4 is 24.4 Å². The van der Waals surface area contributed by atoms with Gasteiger partial charge in [-0.15, -0.1) is 0 Å². The molecule has 0 spiro atoms. The molecule has 7 heteroatoms. The third kappa shape index (κ3) is 3.85. The van der Waals surface area contributed by atoms with E-state index in [2.05, 4.69) is 5.32 Å². The maximum atomic E-state index is 13.1. The summed E-state index contributed by atoms with van der Waals surface area (Å²) in [5, 5.41) is 2.85. The number of hydrogen-bond donors (Lipinski definition) is 1. The van der Waals surface area contributed by atoms with Gasteiger partial charge in [0.15, 0.2) is 17.1 Å². The van der Waals surface area contributed by atoms with E-state index < -0.39 is 11.6 Å². The molecule has 1 N–H and O–H groups in total. The van der Waals surface area contributed by atoms with Gasteiger partial charge in [-0.1, -0.05) is 6.07 Å². The number of methoxy groups -OCH3 is 2. The summed E-state index contributed by atoms with van der Waals surface area (Å²) >= 11 is 0. The number of ether oxygens (including phenoxy) is 3. The highest BCUT2D eigenvalue weighted by Gasteiger charge is 2.44. The molecule has 2 aromatic rings. The van der Waals surface area contributed by atoms with Gasteiger partial charge in [-0.3, -0.25) is 14.5 Å². The molecule has 0 aromatic heterocycles. The topological polar surface area (TPSA) is 77.1 Å². The van der Waals surface area contributed by atoms with E-state index >= 15 is 0 Å². The second-order valence-electron chi connectivity index (χ2n) is 7.49. The summed E-state index contributed by atoms with van der Waals surface area (Å²) in [6, 6.07) is 9.94. The van der Waals surface area contributed by atoms with Crippen molar-refractivity contribution in [2.45, 2.75) is 39.3 Å². The van der Waals surface area contributed by atoms with Gasteiger partial charge in [0.05, 0.1) is 19.9 Å². The fourth-order valence-electron chi connectivity index (χ4n) is 3.28. The minimum absolute atomic E-state index is 0.273. The molecule has 0 bridgehead atoms. The molecule has 0 saturated heterocycles. The second kappa shape index (κ2) is 7.66. The van der Waals surface area contributed by atoms with E-state index in [1.54, 1.807) is 46.1 Å². The monoisotopic (exact) mass is 398 g/mol. The number of fused-ring (bicyclic) bond motifs is 1. The summed E-state index contributed by atoms with van der Waals surface area (Å²) in [7, 11) is 3.07. The average molecular weight is 398 g/mol. The Morgan fingerprint density at radius 2 is 1.79 bits per heavy atom. The van der Waals surface area contributed by atoms with Crippen LogP contribution in [0.25, 0.3) is 0 Å². The van der Waals surface area contributed by atoms with E-state index in [0.29, 0.717) is 28.6 Å². The molecule has 0 radical (unpaired) electrons. The predicted octanol–water partition coefficient (Wildman–Crippen LogP) is 3.54. The van der Waals surface area contributed by atoms with Gasteiger partial charge in [-0.05, 0) is 57.5 Å². The van der Waals surface area contributed by atoms with E-state index in [0.717, 1.165) is 5.56 Å². The van der Waals surface area contributed by atoms with Crippen molar-refractivity contribution in [3.05, 3.63) is 42.0 Å². The lowest BCUT2D eigenvalue weighted by Gasteiger charge is -2.41. The number of carbonyl (C=O) groups is 2. The molecule has 29 heavy (non-hydrogen) atoms. The molecule has 0 fully saturated rings. The highest BCUT2D eigenvalue weighted by molar-refractivity contribution is 6.09. The van der Waals surface area contributed by atoms with Gasteiger partial charge in [0.2, 0.25) is 5.91 Å². The van der Waals surface area contributed by atoms with Crippen molar-refractivity contribution < 1.29 is 23.8 Å². The standard InChI is InChI=1S/C22H26N2O5/c1-13-7-9-17-16(11-13)24(21(26)22(3,4)29-17)14(2)20(25)23-15-8-10-18(27-5)19(12-15)28-6/h7-12,14H,1-6H3,(H,23,25). The first-order valence-electron chi connectivity index (χ1n) is 9.34. The molecule has 1 atom stereocenters. The molecule has 1 aliphatic heterocycles. The molecule has 154 valence electrons. The van der Waals surface area contributed by atoms with Crippen molar-refractivity contribution in [1.29, 1.82) is 0 Å². The second-order valence-corrected chi connectivity index (χ2v) is 7.49.